The molecule has 0 spiro atoms. The van der Waals surface area contributed by atoms with Crippen molar-refractivity contribution in [2.75, 3.05) is 13.7 Å². The van der Waals surface area contributed by atoms with E-state index in [1.165, 1.54) is 0 Å². The SMILES string of the molecule is CCOC(=O)C(C)(C)N(C)Cc1cc2ccccc2[nH]c1=O. The molecule has 0 aliphatic carbocycles. The van der Waals surface area contributed by atoms with Crippen LogP contribution in [-0.2, 0) is 16.1 Å². The third kappa shape index (κ3) is 3.20. The average Bonchev–Trinajstić information content (AvgIpc) is 2.48. The summed E-state index contributed by atoms with van der Waals surface area (Å²) in [6.07, 6.45) is 0. The first kappa shape index (κ1) is 16.2. The van der Waals surface area contributed by atoms with Gasteiger partial charge in [-0.2, -0.15) is 0 Å². The van der Waals surface area contributed by atoms with Gasteiger partial charge in [0.25, 0.3) is 5.56 Å². The summed E-state index contributed by atoms with van der Waals surface area (Å²) in [6.45, 7) is 6.07. The van der Waals surface area contributed by atoms with Crippen LogP contribution < -0.4 is 5.56 Å². The van der Waals surface area contributed by atoms with Crippen molar-refractivity contribution >= 4 is 16.9 Å². The lowest BCUT2D eigenvalue weighted by molar-refractivity contribution is -0.155. The van der Waals surface area contributed by atoms with Crippen molar-refractivity contribution < 1.29 is 9.53 Å². The zero-order chi connectivity index (χ0) is 16.3. The Morgan fingerprint density at radius 3 is 2.68 bits per heavy atom. The van der Waals surface area contributed by atoms with Crippen LogP contribution in [0, 0.1) is 0 Å². The largest absolute Gasteiger partial charge is 0.465 e. The number of para-hydroxylation sites is 1. The maximum atomic E-state index is 12.2. The van der Waals surface area contributed by atoms with E-state index in [1.54, 1.807) is 20.8 Å². The zero-order valence-electron chi connectivity index (χ0n) is 13.5. The second-order valence-corrected chi connectivity index (χ2v) is 5.85. The van der Waals surface area contributed by atoms with E-state index in [4.69, 9.17) is 4.74 Å². The van der Waals surface area contributed by atoms with E-state index >= 15 is 0 Å². The number of likely N-dealkylation sites (N-methyl/N-ethyl adjacent to an activating group) is 1. The number of esters is 1. The molecule has 0 amide bonds. The van der Waals surface area contributed by atoms with Crippen LogP contribution in [0.2, 0.25) is 0 Å². The summed E-state index contributed by atoms with van der Waals surface area (Å²) in [7, 11) is 1.81. The Labute approximate surface area is 129 Å². The molecule has 5 heteroatoms. The van der Waals surface area contributed by atoms with Crippen LogP contribution >= 0.6 is 0 Å². The van der Waals surface area contributed by atoms with Gasteiger partial charge in [-0.3, -0.25) is 14.5 Å². The number of aromatic nitrogens is 1. The minimum absolute atomic E-state index is 0.134. The fourth-order valence-electron chi connectivity index (χ4n) is 2.23. The minimum atomic E-state index is -0.798. The molecule has 2 rings (SSSR count). The lowest BCUT2D eigenvalue weighted by Gasteiger charge is -2.32. The van der Waals surface area contributed by atoms with Crippen LogP contribution in [0.25, 0.3) is 10.9 Å². The second-order valence-electron chi connectivity index (χ2n) is 5.85. The summed E-state index contributed by atoms with van der Waals surface area (Å²) in [5, 5.41) is 0.972. The predicted molar refractivity (Wildman–Crippen MR) is 86.7 cm³/mol. The number of benzene rings is 1. The first-order valence-corrected chi connectivity index (χ1v) is 7.35. The number of rotatable bonds is 5. The third-order valence-corrected chi connectivity index (χ3v) is 3.97. The highest BCUT2D eigenvalue weighted by molar-refractivity contribution is 5.80. The van der Waals surface area contributed by atoms with Gasteiger partial charge in [0.05, 0.1) is 6.61 Å². The smallest absolute Gasteiger partial charge is 0.325 e. The second kappa shape index (κ2) is 6.32. The van der Waals surface area contributed by atoms with Crippen LogP contribution in [0.3, 0.4) is 0 Å². The van der Waals surface area contributed by atoms with Crippen LogP contribution in [0.15, 0.2) is 35.1 Å². The molecule has 1 aromatic heterocycles. The lowest BCUT2D eigenvalue weighted by Crippen LogP contribution is -2.49. The van der Waals surface area contributed by atoms with Gasteiger partial charge in [-0.1, -0.05) is 18.2 Å². The molecule has 1 N–H and O–H groups in total. The van der Waals surface area contributed by atoms with Gasteiger partial charge in [0.1, 0.15) is 5.54 Å². The highest BCUT2D eigenvalue weighted by Gasteiger charge is 2.34. The van der Waals surface area contributed by atoms with Crippen molar-refractivity contribution in [2.24, 2.45) is 0 Å². The van der Waals surface area contributed by atoms with Crippen molar-refractivity contribution in [3.63, 3.8) is 0 Å². The number of ether oxygens (including phenoxy) is 1. The molecule has 0 bridgehead atoms. The van der Waals surface area contributed by atoms with E-state index in [0.717, 1.165) is 10.9 Å². The summed E-state index contributed by atoms with van der Waals surface area (Å²) in [5.74, 6) is -0.297. The number of H-pyrrole nitrogens is 1. The van der Waals surface area contributed by atoms with E-state index < -0.39 is 5.54 Å². The topological polar surface area (TPSA) is 62.4 Å². The van der Waals surface area contributed by atoms with Crippen molar-refractivity contribution in [1.82, 2.24) is 9.88 Å². The van der Waals surface area contributed by atoms with Gasteiger partial charge in [-0.05, 0) is 45.3 Å². The Morgan fingerprint density at radius 1 is 1.32 bits per heavy atom. The van der Waals surface area contributed by atoms with E-state index in [-0.39, 0.29) is 11.5 Å². The van der Waals surface area contributed by atoms with Gasteiger partial charge in [0.2, 0.25) is 0 Å². The molecule has 5 nitrogen and oxygen atoms in total. The summed E-state index contributed by atoms with van der Waals surface area (Å²) >= 11 is 0. The molecular formula is C17H22N2O3. The Morgan fingerprint density at radius 2 is 2.00 bits per heavy atom. The number of pyridine rings is 1. The van der Waals surface area contributed by atoms with Gasteiger partial charge in [0, 0.05) is 17.6 Å². The Kier molecular flexibility index (Phi) is 4.66. The first-order valence-electron chi connectivity index (χ1n) is 7.35. The molecule has 0 aliphatic heterocycles. The molecule has 0 saturated heterocycles. The monoisotopic (exact) mass is 302 g/mol. The molecule has 22 heavy (non-hydrogen) atoms. The molecule has 1 heterocycles. The van der Waals surface area contributed by atoms with Crippen LogP contribution in [0.1, 0.15) is 26.3 Å². The van der Waals surface area contributed by atoms with Crippen LogP contribution in [-0.4, -0.2) is 35.0 Å². The minimum Gasteiger partial charge on any atom is -0.465 e. The Hall–Kier alpha value is -2.14. The number of nitrogens with zero attached hydrogens (tertiary/aromatic N) is 1. The van der Waals surface area contributed by atoms with E-state index in [9.17, 15) is 9.59 Å². The van der Waals surface area contributed by atoms with Crippen LogP contribution in [0.5, 0.6) is 0 Å². The number of fused-ring (bicyclic) bond motifs is 1. The summed E-state index contributed by atoms with van der Waals surface area (Å²) in [5.41, 5.74) is 0.501. The molecule has 0 atom stereocenters. The molecule has 2 aromatic rings. The number of hydrogen-bond acceptors (Lipinski definition) is 4. The highest BCUT2D eigenvalue weighted by Crippen LogP contribution is 2.18. The summed E-state index contributed by atoms with van der Waals surface area (Å²) < 4.78 is 5.10. The molecule has 0 radical (unpaired) electrons. The van der Waals surface area contributed by atoms with Crippen molar-refractivity contribution in [1.29, 1.82) is 0 Å². The Bertz CT molecular complexity index is 734. The number of carbonyl (C=O) groups excluding carboxylic acids is 1. The molecule has 1 aromatic carbocycles. The first-order chi connectivity index (χ1) is 10.4. The highest BCUT2D eigenvalue weighted by atomic mass is 16.5. The fraction of sp³-hybridized carbons (Fsp3) is 0.412. The van der Waals surface area contributed by atoms with Gasteiger partial charge in [-0.25, -0.2) is 0 Å². The fourth-order valence-corrected chi connectivity index (χ4v) is 2.23. The van der Waals surface area contributed by atoms with Crippen molar-refractivity contribution in [3.8, 4) is 0 Å². The zero-order valence-corrected chi connectivity index (χ0v) is 13.5. The number of carbonyl (C=O) groups is 1. The Balaban J connectivity index is 2.28. The average molecular weight is 302 g/mol. The maximum absolute atomic E-state index is 12.2. The molecule has 0 unspecified atom stereocenters. The van der Waals surface area contributed by atoms with E-state index in [1.807, 2.05) is 42.3 Å². The molecule has 0 saturated carbocycles. The molecule has 0 aliphatic rings. The third-order valence-electron chi connectivity index (χ3n) is 3.97. The number of nitrogens with one attached hydrogen (secondary N) is 1. The maximum Gasteiger partial charge on any atom is 0.325 e. The van der Waals surface area contributed by atoms with Gasteiger partial charge < -0.3 is 9.72 Å². The number of aromatic amines is 1. The van der Waals surface area contributed by atoms with Gasteiger partial charge >= 0.3 is 5.97 Å². The van der Waals surface area contributed by atoms with Gasteiger partial charge in [-0.15, -0.1) is 0 Å². The normalized spacial score (nSPS) is 11.9. The van der Waals surface area contributed by atoms with Gasteiger partial charge in [0.15, 0.2) is 0 Å². The molecule has 0 fully saturated rings. The predicted octanol–water partition coefficient (Wildman–Crippen LogP) is 2.30. The molecular weight excluding hydrogens is 280 g/mol. The van der Waals surface area contributed by atoms with Crippen molar-refractivity contribution in [3.05, 3.63) is 46.2 Å². The summed E-state index contributed by atoms with van der Waals surface area (Å²) in [4.78, 5) is 28.9. The van der Waals surface area contributed by atoms with E-state index in [2.05, 4.69) is 4.98 Å². The molecule has 118 valence electrons. The number of hydrogen-bond donors (Lipinski definition) is 1. The standard InChI is InChI=1S/C17H22N2O3/c1-5-22-16(21)17(2,3)19(4)11-13-10-12-8-6-7-9-14(12)18-15(13)20/h6-10H,5,11H2,1-4H3,(H,18,20). The van der Waals surface area contributed by atoms with E-state index in [0.29, 0.717) is 18.7 Å². The lowest BCUT2D eigenvalue weighted by atomic mass is 10.0. The quantitative estimate of drug-likeness (QED) is 0.861. The van der Waals surface area contributed by atoms with Crippen LogP contribution in [0.4, 0.5) is 0 Å². The summed E-state index contributed by atoms with van der Waals surface area (Å²) in [6, 6.07) is 9.49. The van der Waals surface area contributed by atoms with Crippen molar-refractivity contribution in [2.45, 2.75) is 32.9 Å².